The number of hydrogen-bond donors (Lipinski definition) is 1. The van der Waals surface area contributed by atoms with Crippen molar-refractivity contribution in [3.05, 3.63) is 0 Å². The second-order valence-electron chi connectivity index (χ2n) is 5.01. The fraction of sp³-hybridized carbons (Fsp3) is 0.909. The Morgan fingerprint density at radius 3 is 2.79 bits per heavy atom. The Balaban J connectivity index is 2.19. The van der Waals surface area contributed by atoms with E-state index < -0.39 is 5.60 Å². The molecule has 2 aliphatic rings. The van der Waals surface area contributed by atoms with E-state index in [0.29, 0.717) is 5.92 Å². The molecule has 0 aromatic heterocycles. The van der Waals surface area contributed by atoms with Crippen molar-refractivity contribution in [2.45, 2.75) is 38.9 Å². The summed E-state index contributed by atoms with van der Waals surface area (Å²) < 4.78 is 5.43. The minimum Gasteiger partial charge on any atom is -0.396 e. The first-order valence-corrected chi connectivity index (χ1v) is 5.33. The molecule has 0 aromatic rings. The predicted molar refractivity (Wildman–Crippen MR) is 51.8 cm³/mol. The molecule has 0 spiro atoms. The van der Waals surface area contributed by atoms with E-state index in [-0.39, 0.29) is 30.3 Å². The van der Waals surface area contributed by atoms with Gasteiger partial charge in [-0.3, -0.25) is 4.79 Å². The van der Waals surface area contributed by atoms with E-state index >= 15 is 0 Å². The number of hydrogen-bond acceptors (Lipinski definition) is 3. The molecule has 1 saturated carbocycles. The second kappa shape index (κ2) is 3.04. The van der Waals surface area contributed by atoms with Gasteiger partial charge in [0.2, 0.25) is 0 Å². The lowest BCUT2D eigenvalue weighted by atomic mass is 9.69. The number of ketones is 1. The molecule has 1 N–H and O–H groups in total. The van der Waals surface area contributed by atoms with E-state index in [1.165, 1.54) is 0 Å². The van der Waals surface area contributed by atoms with Gasteiger partial charge < -0.3 is 9.84 Å². The monoisotopic (exact) mass is 198 g/mol. The van der Waals surface area contributed by atoms with Crippen molar-refractivity contribution in [3.8, 4) is 0 Å². The number of ether oxygens (including phenoxy) is 1. The second-order valence-corrected chi connectivity index (χ2v) is 5.01. The Kier molecular flexibility index (Phi) is 2.20. The normalized spacial score (nSPS) is 46.6. The third-order valence-electron chi connectivity index (χ3n) is 3.83. The van der Waals surface area contributed by atoms with Crippen LogP contribution >= 0.6 is 0 Å². The van der Waals surface area contributed by atoms with Gasteiger partial charge in [-0.1, -0.05) is 13.8 Å². The first-order valence-electron chi connectivity index (χ1n) is 5.33. The standard InChI is InChI=1S/C11H18O3/c1-6(2)7-4-9-11(3,14-9)10(13)8(7)5-12/h6-9,12H,4-5H2,1-3H3/t7-,8-,9+,11+/m0/s1. The van der Waals surface area contributed by atoms with Crippen LogP contribution in [0.3, 0.4) is 0 Å². The van der Waals surface area contributed by atoms with Gasteiger partial charge in [-0.2, -0.15) is 0 Å². The van der Waals surface area contributed by atoms with E-state index in [0.717, 1.165) is 6.42 Å². The van der Waals surface area contributed by atoms with E-state index in [1.807, 2.05) is 6.92 Å². The van der Waals surface area contributed by atoms with Gasteiger partial charge in [0.05, 0.1) is 12.7 Å². The molecule has 3 nitrogen and oxygen atoms in total. The Morgan fingerprint density at radius 2 is 2.29 bits per heavy atom. The molecular formula is C11H18O3. The zero-order valence-corrected chi connectivity index (χ0v) is 8.99. The van der Waals surface area contributed by atoms with Gasteiger partial charge >= 0.3 is 0 Å². The molecule has 1 saturated heterocycles. The maximum atomic E-state index is 11.9. The van der Waals surface area contributed by atoms with E-state index in [4.69, 9.17) is 4.74 Å². The van der Waals surface area contributed by atoms with Gasteiger partial charge in [0, 0.05) is 5.92 Å². The molecule has 0 aromatic carbocycles. The summed E-state index contributed by atoms with van der Waals surface area (Å²) in [6.45, 7) is 6.02. The van der Waals surface area contributed by atoms with Crippen LogP contribution in [0.5, 0.6) is 0 Å². The Hall–Kier alpha value is -0.410. The first-order chi connectivity index (χ1) is 6.50. The lowest BCUT2D eigenvalue weighted by Crippen LogP contribution is -2.44. The molecule has 80 valence electrons. The van der Waals surface area contributed by atoms with Crippen molar-refractivity contribution in [2.75, 3.05) is 6.61 Å². The van der Waals surface area contributed by atoms with Gasteiger partial charge in [0.25, 0.3) is 0 Å². The predicted octanol–water partition coefficient (Wildman–Crippen LogP) is 0.997. The number of carbonyl (C=O) groups is 1. The van der Waals surface area contributed by atoms with Gasteiger partial charge in [-0.05, 0) is 25.2 Å². The van der Waals surface area contributed by atoms with E-state index in [9.17, 15) is 9.90 Å². The summed E-state index contributed by atoms with van der Waals surface area (Å²) in [5, 5.41) is 9.26. The first kappa shape index (κ1) is 10.1. The number of aliphatic hydroxyl groups is 1. The van der Waals surface area contributed by atoms with Crippen molar-refractivity contribution in [3.63, 3.8) is 0 Å². The molecule has 2 rings (SSSR count). The van der Waals surface area contributed by atoms with Crippen LogP contribution in [-0.2, 0) is 9.53 Å². The summed E-state index contributed by atoms with van der Waals surface area (Å²) >= 11 is 0. The highest BCUT2D eigenvalue weighted by Gasteiger charge is 2.64. The fourth-order valence-electron chi connectivity index (χ4n) is 2.68. The zero-order chi connectivity index (χ0) is 10.5. The lowest BCUT2D eigenvalue weighted by Gasteiger charge is -2.32. The number of fused-ring (bicyclic) bond motifs is 1. The van der Waals surface area contributed by atoms with Crippen molar-refractivity contribution < 1.29 is 14.6 Å². The number of carbonyl (C=O) groups excluding carboxylic acids is 1. The maximum absolute atomic E-state index is 11.9. The minimum atomic E-state index is -0.557. The molecule has 3 heteroatoms. The SMILES string of the molecule is CC(C)[C@@H]1C[C@H]2O[C@@]2(C)C(=O)[C@H]1CO. The summed E-state index contributed by atoms with van der Waals surface area (Å²) in [4.78, 5) is 11.9. The molecule has 0 radical (unpaired) electrons. The number of aliphatic hydroxyl groups excluding tert-OH is 1. The molecule has 1 heterocycles. The third kappa shape index (κ3) is 1.22. The summed E-state index contributed by atoms with van der Waals surface area (Å²) in [5.74, 6) is 0.617. The van der Waals surface area contributed by atoms with Crippen molar-refractivity contribution in [2.24, 2.45) is 17.8 Å². The summed E-state index contributed by atoms with van der Waals surface area (Å²) in [6.07, 6.45) is 1.04. The van der Waals surface area contributed by atoms with Crippen LogP contribution in [0.15, 0.2) is 0 Å². The maximum Gasteiger partial charge on any atom is 0.172 e. The van der Waals surface area contributed by atoms with Crippen LogP contribution < -0.4 is 0 Å². The molecule has 0 amide bonds. The van der Waals surface area contributed by atoms with E-state index in [2.05, 4.69) is 13.8 Å². The summed E-state index contributed by atoms with van der Waals surface area (Å²) in [6, 6.07) is 0. The van der Waals surface area contributed by atoms with Crippen LogP contribution in [0.1, 0.15) is 27.2 Å². The minimum absolute atomic E-state index is 0.0344. The largest absolute Gasteiger partial charge is 0.396 e. The Labute approximate surface area is 84.4 Å². The highest BCUT2D eigenvalue weighted by atomic mass is 16.6. The topological polar surface area (TPSA) is 49.8 Å². The van der Waals surface area contributed by atoms with Crippen LogP contribution in [0, 0.1) is 17.8 Å². The third-order valence-corrected chi connectivity index (χ3v) is 3.83. The van der Waals surface area contributed by atoms with Crippen LogP contribution in [0.2, 0.25) is 0 Å². The van der Waals surface area contributed by atoms with Crippen molar-refractivity contribution >= 4 is 5.78 Å². The number of epoxide rings is 1. The Bertz CT molecular complexity index is 261. The molecule has 1 aliphatic carbocycles. The average molecular weight is 198 g/mol. The summed E-state index contributed by atoms with van der Waals surface area (Å²) in [5.41, 5.74) is -0.557. The van der Waals surface area contributed by atoms with Gasteiger partial charge in [0.15, 0.2) is 11.4 Å². The molecule has 2 fully saturated rings. The quantitative estimate of drug-likeness (QED) is 0.673. The Morgan fingerprint density at radius 1 is 1.64 bits per heavy atom. The lowest BCUT2D eigenvalue weighted by molar-refractivity contribution is -0.132. The van der Waals surface area contributed by atoms with Crippen molar-refractivity contribution in [1.29, 1.82) is 0 Å². The smallest absolute Gasteiger partial charge is 0.172 e. The molecular weight excluding hydrogens is 180 g/mol. The van der Waals surface area contributed by atoms with Crippen molar-refractivity contribution in [1.82, 2.24) is 0 Å². The molecule has 4 atom stereocenters. The molecule has 14 heavy (non-hydrogen) atoms. The fourth-order valence-corrected chi connectivity index (χ4v) is 2.68. The molecule has 1 aliphatic heterocycles. The number of Topliss-reactive ketones (excluding diaryl/α,β-unsaturated/α-hetero) is 1. The zero-order valence-electron chi connectivity index (χ0n) is 8.99. The highest BCUT2D eigenvalue weighted by molar-refractivity contribution is 5.93. The van der Waals surface area contributed by atoms with E-state index in [1.54, 1.807) is 0 Å². The van der Waals surface area contributed by atoms with Gasteiger partial charge in [0.1, 0.15) is 0 Å². The summed E-state index contributed by atoms with van der Waals surface area (Å²) in [7, 11) is 0. The highest BCUT2D eigenvalue weighted by Crippen LogP contribution is 2.50. The van der Waals surface area contributed by atoms with Crippen LogP contribution in [-0.4, -0.2) is 29.2 Å². The van der Waals surface area contributed by atoms with Crippen LogP contribution in [0.25, 0.3) is 0 Å². The molecule has 0 unspecified atom stereocenters. The van der Waals surface area contributed by atoms with Gasteiger partial charge in [-0.15, -0.1) is 0 Å². The molecule has 0 bridgehead atoms. The average Bonchev–Trinajstić information content (AvgIpc) is 2.78. The number of rotatable bonds is 2. The van der Waals surface area contributed by atoms with Crippen LogP contribution in [0.4, 0.5) is 0 Å². The van der Waals surface area contributed by atoms with Gasteiger partial charge in [-0.25, -0.2) is 0 Å².